The van der Waals surface area contributed by atoms with Gasteiger partial charge in [-0.25, -0.2) is 0 Å². The van der Waals surface area contributed by atoms with Crippen molar-refractivity contribution in [2.24, 2.45) is 0 Å². The number of halogens is 2. The maximum absolute atomic E-state index is 6.13. The lowest BCUT2D eigenvalue weighted by Crippen LogP contribution is -2.29. The Labute approximate surface area is 129 Å². The molecular weight excluding hydrogens is 372 g/mol. The van der Waals surface area contributed by atoms with Crippen LogP contribution in [-0.2, 0) is 10.7 Å². The summed E-state index contributed by atoms with van der Waals surface area (Å²) in [6, 6.07) is 4.31. The van der Waals surface area contributed by atoms with Crippen LogP contribution in [0.15, 0.2) is 16.6 Å². The van der Waals surface area contributed by atoms with Gasteiger partial charge in [0.05, 0.1) is 0 Å². The fourth-order valence-electron chi connectivity index (χ4n) is 1.71. The molecule has 0 aromatic heterocycles. The van der Waals surface area contributed by atoms with Crippen molar-refractivity contribution in [3.8, 4) is 5.75 Å². The normalized spacial score (nSPS) is 12.7. The van der Waals surface area contributed by atoms with Gasteiger partial charge in [0, 0.05) is 9.80 Å². The zero-order chi connectivity index (χ0) is 14.1. The summed E-state index contributed by atoms with van der Waals surface area (Å²) in [5.74, 6) is 0.997. The second-order valence-corrected chi connectivity index (χ2v) is 12.3. The number of hydrogen-bond donors (Lipinski definition) is 0. The summed E-state index contributed by atoms with van der Waals surface area (Å²) in [4.78, 5) is 0. The van der Waals surface area contributed by atoms with Crippen LogP contribution in [0.25, 0.3) is 0 Å². The molecule has 0 spiro atoms. The van der Waals surface area contributed by atoms with E-state index >= 15 is 0 Å². The van der Waals surface area contributed by atoms with Crippen LogP contribution in [0.3, 0.4) is 0 Å². The highest BCUT2D eigenvalue weighted by atomic mass is 79.9. The smallest absolute Gasteiger partial charge is 0.242 e. The Kier molecular flexibility index (Phi) is 5.12. The molecule has 0 heterocycles. The number of hydrogen-bond acceptors (Lipinski definition) is 1. The fourth-order valence-corrected chi connectivity index (χ4v) is 4.32. The van der Waals surface area contributed by atoms with E-state index in [-0.39, 0.29) is 5.41 Å². The molecule has 0 N–H and O–H groups in total. The standard InChI is InChI=1S/C14H22Br2OSi/c1-14(2,3)12-8-11(17-18(4,5)6)7-10(9-15)13(12)16/h7-8H,9H2,1-6H3. The molecular formula is C14H22Br2OSi. The Bertz CT molecular complexity index is 431. The molecule has 18 heavy (non-hydrogen) atoms. The lowest BCUT2D eigenvalue weighted by atomic mass is 9.86. The summed E-state index contributed by atoms with van der Waals surface area (Å²) >= 11 is 7.27. The quantitative estimate of drug-likeness (QED) is 0.461. The van der Waals surface area contributed by atoms with Crippen LogP contribution in [0.4, 0.5) is 0 Å². The van der Waals surface area contributed by atoms with E-state index in [4.69, 9.17) is 4.43 Å². The largest absolute Gasteiger partial charge is 0.544 e. The third-order valence-corrected chi connectivity index (χ3v) is 4.89. The van der Waals surface area contributed by atoms with Gasteiger partial charge in [-0.05, 0) is 48.3 Å². The number of alkyl halides is 1. The van der Waals surface area contributed by atoms with E-state index in [0.29, 0.717) is 0 Å². The van der Waals surface area contributed by atoms with Crippen molar-refractivity contribution < 1.29 is 4.43 Å². The van der Waals surface area contributed by atoms with Gasteiger partial charge in [0.25, 0.3) is 0 Å². The van der Waals surface area contributed by atoms with Crippen LogP contribution in [0.1, 0.15) is 31.9 Å². The molecule has 0 saturated carbocycles. The van der Waals surface area contributed by atoms with E-state index in [9.17, 15) is 0 Å². The van der Waals surface area contributed by atoms with Crippen molar-refractivity contribution in [1.29, 1.82) is 0 Å². The molecule has 1 aromatic carbocycles. The molecule has 0 aliphatic rings. The molecule has 0 fully saturated rings. The van der Waals surface area contributed by atoms with Crippen molar-refractivity contribution >= 4 is 40.2 Å². The Morgan fingerprint density at radius 1 is 1.17 bits per heavy atom. The Balaban J connectivity index is 3.31. The minimum absolute atomic E-state index is 0.106. The Morgan fingerprint density at radius 2 is 1.72 bits per heavy atom. The highest BCUT2D eigenvalue weighted by Gasteiger charge is 2.22. The molecule has 0 aliphatic heterocycles. The van der Waals surface area contributed by atoms with Gasteiger partial charge >= 0.3 is 0 Å². The molecule has 0 aliphatic carbocycles. The Morgan fingerprint density at radius 3 is 2.11 bits per heavy atom. The topological polar surface area (TPSA) is 9.23 Å². The minimum Gasteiger partial charge on any atom is -0.544 e. The van der Waals surface area contributed by atoms with Crippen molar-refractivity contribution in [2.45, 2.75) is 51.2 Å². The highest BCUT2D eigenvalue weighted by Crippen LogP contribution is 2.37. The lowest BCUT2D eigenvalue weighted by molar-refractivity contribution is 0.543. The summed E-state index contributed by atoms with van der Waals surface area (Å²) in [7, 11) is -1.56. The predicted octanol–water partition coefficient (Wildman–Crippen LogP) is 5.86. The van der Waals surface area contributed by atoms with Gasteiger partial charge in [0.15, 0.2) is 0 Å². The summed E-state index contributed by atoms with van der Waals surface area (Å²) in [6.07, 6.45) is 0. The summed E-state index contributed by atoms with van der Waals surface area (Å²) in [5.41, 5.74) is 2.65. The third kappa shape index (κ3) is 4.39. The fraction of sp³-hybridized carbons (Fsp3) is 0.571. The maximum atomic E-state index is 6.13. The lowest BCUT2D eigenvalue weighted by Gasteiger charge is -2.26. The molecule has 0 bridgehead atoms. The van der Waals surface area contributed by atoms with E-state index in [2.05, 4.69) is 84.4 Å². The van der Waals surface area contributed by atoms with Gasteiger partial charge in [-0.3, -0.25) is 0 Å². The molecule has 0 unspecified atom stereocenters. The summed E-state index contributed by atoms with van der Waals surface area (Å²) in [5, 5.41) is 0.833. The second kappa shape index (κ2) is 5.67. The first kappa shape index (κ1) is 16.3. The zero-order valence-corrected chi connectivity index (χ0v) is 16.2. The zero-order valence-electron chi connectivity index (χ0n) is 12.0. The second-order valence-electron chi connectivity index (χ2n) is 6.54. The van der Waals surface area contributed by atoms with Gasteiger partial charge < -0.3 is 4.43 Å². The number of rotatable bonds is 3. The third-order valence-electron chi connectivity index (χ3n) is 2.50. The average molecular weight is 394 g/mol. The van der Waals surface area contributed by atoms with E-state index in [1.54, 1.807) is 0 Å². The monoisotopic (exact) mass is 392 g/mol. The summed E-state index contributed by atoms with van der Waals surface area (Å²) < 4.78 is 7.32. The maximum Gasteiger partial charge on any atom is 0.242 e. The molecule has 1 rings (SSSR count). The summed E-state index contributed by atoms with van der Waals surface area (Å²) in [6.45, 7) is 13.3. The predicted molar refractivity (Wildman–Crippen MR) is 89.4 cm³/mol. The van der Waals surface area contributed by atoms with Gasteiger partial charge in [-0.1, -0.05) is 52.6 Å². The molecule has 0 radical (unpaired) electrons. The first-order valence-electron chi connectivity index (χ1n) is 6.12. The first-order valence-corrected chi connectivity index (χ1v) is 11.4. The van der Waals surface area contributed by atoms with E-state index in [1.165, 1.54) is 15.6 Å². The van der Waals surface area contributed by atoms with Gasteiger partial charge in [0.2, 0.25) is 8.32 Å². The average Bonchev–Trinajstić information content (AvgIpc) is 2.16. The van der Waals surface area contributed by atoms with E-state index < -0.39 is 8.32 Å². The van der Waals surface area contributed by atoms with Gasteiger partial charge in [-0.15, -0.1) is 0 Å². The first-order chi connectivity index (χ1) is 8.04. The van der Waals surface area contributed by atoms with Crippen LogP contribution in [-0.4, -0.2) is 8.32 Å². The molecule has 1 nitrogen and oxygen atoms in total. The van der Waals surface area contributed by atoms with Crippen LogP contribution < -0.4 is 4.43 Å². The van der Waals surface area contributed by atoms with Crippen molar-refractivity contribution in [1.82, 2.24) is 0 Å². The van der Waals surface area contributed by atoms with Crippen LogP contribution in [0, 0.1) is 0 Å². The van der Waals surface area contributed by atoms with Crippen molar-refractivity contribution in [3.05, 3.63) is 27.7 Å². The van der Waals surface area contributed by atoms with Crippen molar-refractivity contribution in [3.63, 3.8) is 0 Å². The molecule has 0 amide bonds. The van der Waals surface area contributed by atoms with Crippen molar-refractivity contribution in [2.75, 3.05) is 0 Å². The van der Waals surface area contributed by atoms with Gasteiger partial charge in [-0.2, -0.15) is 0 Å². The molecule has 0 saturated heterocycles. The van der Waals surface area contributed by atoms with Crippen LogP contribution >= 0.6 is 31.9 Å². The van der Waals surface area contributed by atoms with E-state index in [1.807, 2.05) is 0 Å². The minimum atomic E-state index is -1.56. The number of benzene rings is 1. The van der Waals surface area contributed by atoms with Gasteiger partial charge in [0.1, 0.15) is 5.75 Å². The van der Waals surface area contributed by atoms with E-state index in [0.717, 1.165) is 11.1 Å². The SMILES string of the molecule is CC(C)(C)c1cc(O[Si](C)(C)C)cc(CBr)c1Br. The molecule has 4 heteroatoms. The highest BCUT2D eigenvalue weighted by molar-refractivity contribution is 9.10. The van der Waals surface area contributed by atoms with Crippen LogP contribution in [0.5, 0.6) is 5.75 Å². The van der Waals surface area contributed by atoms with Crippen LogP contribution in [0.2, 0.25) is 19.6 Å². The molecule has 0 atom stereocenters. The Hall–Kier alpha value is 0.197. The molecule has 1 aromatic rings. The molecule has 102 valence electrons.